The van der Waals surface area contributed by atoms with Crippen LogP contribution in [0.25, 0.3) is 0 Å². The Balaban J connectivity index is 0.00000338. The summed E-state index contributed by atoms with van der Waals surface area (Å²) in [6, 6.07) is 11.0. The molecule has 0 heterocycles. The molecule has 6 heteroatoms. The highest BCUT2D eigenvalue weighted by molar-refractivity contribution is 5.94. The van der Waals surface area contributed by atoms with Gasteiger partial charge in [-0.15, -0.1) is 12.4 Å². The SMILES string of the molecule is COc1ccc(NC(=O)C(C)Oc2ccc(C(C)C)c(C)c2)cc1N.Cl. The summed E-state index contributed by atoms with van der Waals surface area (Å²) in [5, 5.41) is 2.80. The molecule has 0 spiro atoms. The number of anilines is 2. The van der Waals surface area contributed by atoms with Crippen molar-refractivity contribution >= 4 is 29.7 Å². The van der Waals surface area contributed by atoms with Crippen molar-refractivity contribution in [2.75, 3.05) is 18.2 Å². The minimum atomic E-state index is -0.632. The fourth-order valence-electron chi connectivity index (χ4n) is 2.68. The highest BCUT2D eigenvalue weighted by Crippen LogP contribution is 2.26. The van der Waals surface area contributed by atoms with E-state index in [2.05, 4.69) is 19.2 Å². The van der Waals surface area contributed by atoms with Gasteiger partial charge in [0, 0.05) is 5.69 Å². The average Bonchev–Trinajstić information content (AvgIpc) is 2.54. The number of nitrogens with two attached hydrogens (primary N) is 1. The van der Waals surface area contributed by atoms with Gasteiger partial charge in [0.05, 0.1) is 12.8 Å². The topological polar surface area (TPSA) is 73.6 Å². The smallest absolute Gasteiger partial charge is 0.265 e. The number of carbonyl (C=O) groups is 1. The number of nitrogens with one attached hydrogen (secondary N) is 1. The number of amides is 1. The zero-order chi connectivity index (χ0) is 18.6. The molecule has 0 bridgehead atoms. The lowest BCUT2D eigenvalue weighted by Gasteiger charge is -2.17. The molecule has 1 unspecified atom stereocenters. The number of aryl methyl sites for hydroxylation is 1. The van der Waals surface area contributed by atoms with E-state index < -0.39 is 6.10 Å². The fraction of sp³-hybridized carbons (Fsp3) is 0.350. The zero-order valence-corrected chi connectivity index (χ0v) is 16.6. The van der Waals surface area contributed by atoms with Gasteiger partial charge in [-0.1, -0.05) is 19.9 Å². The van der Waals surface area contributed by atoms with Crippen LogP contribution >= 0.6 is 12.4 Å². The second-order valence-electron chi connectivity index (χ2n) is 6.38. The van der Waals surface area contributed by atoms with E-state index in [0.29, 0.717) is 28.8 Å². The standard InChI is InChI=1S/C20H26N2O3.ClH/c1-12(2)17-8-7-16(10-13(17)3)25-14(4)20(23)22-15-6-9-19(24-5)18(21)11-15;/h6-12,14H,21H2,1-5H3,(H,22,23);1H. The Morgan fingerprint density at radius 1 is 1.12 bits per heavy atom. The Hall–Kier alpha value is -2.40. The van der Waals surface area contributed by atoms with E-state index in [0.717, 1.165) is 5.56 Å². The molecule has 0 radical (unpaired) electrons. The number of ether oxygens (including phenoxy) is 2. The predicted octanol–water partition coefficient (Wildman–Crippen LogP) is 4.54. The summed E-state index contributed by atoms with van der Waals surface area (Å²) in [4.78, 5) is 12.3. The third-order valence-electron chi connectivity index (χ3n) is 4.04. The van der Waals surface area contributed by atoms with Crippen LogP contribution in [0.15, 0.2) is 36.4 Å². The molecular formula is C20H27ClN2O3. The molecule has 5 nitrogen and oxygen atoms in total. The van der Waals surface area contributed by atoms with E-state index >= 15 is 0 Å². The zero-order valence-electron chi connectivity index (χ0n) is 15.8. The van der Waals surface area contributed by atoms with Crippen LogP contribution in [-0.2, 0) is 4.79 Å². The van der Waals surface area contributed by atoms with Crippen molar-refractivity contribution in [1.29, 1.82) is 0 Å². The Labute approximate surface area is 161 Å². The number of methoxy groups -OCH3 is 1. The summed E-state index contributed by atoms with van der Waals surface area (Å²) in [5.74, 6) is 1.47. The van der Waals surface area contributed by atoms with E-state index in [1.165, 1.54) is 5.56 Å². The van der Waals surface area contributed by atoms with Gasteiger partial charge in [0.2, 0.25) is 0 Å². The number of halogens is 1. The van der Waals surface area contributed by atoms with Crippen LogP contribution in [0.1, 0.15) is 37.8 Å². The number of hydrogen-bond donors (Lipinski definition) is 2. The molecule has 2 aromatic carbocycles. The fourth-order valence-corrected chi connectivity index (χ4v) is 2.68. The molecule has 2 aromatic rings. The molecule has 0 aliphatic carbocycles. The van der Waals surface area contributed by atoms with Gasteiger partial charge in [-0.2, -0.15) is 0 Å². The van der Waals surface area contributed by atoms with Gasteiger partial charge in [0.1, 0.15) is 11.5 Å². The average molecular weight is 379 g/mol. The molecule has 142 valence electrons. The van der Waals surface area contributed by atoms with Gasteiger partial charge in [-0.25, -0.2) is 0 Å². The molecule has 0 saturated heterocycles. The summed E-state index contributed by atoms with van der Waals surface area (Å²) in [5.41, 5.74) is 9.35. The molecule has 0 aromatic heterocycles. The van der Waals surface area contributed by atoms with Crippen LogP contribution in [-0.4, -0.2) is 19.1 Å². The first-order chi connectivity index (χ1) is 11.8. The number of rotatable bonds is 6. The third kappa shape index (κ3) is 5.30. The maximum atomic E-state index is 12.3. The van der Waals surface area contributed by atoms with Crippen LogP contribution in [0.4, 0.5) is 11.4 Å². The minimum absolute atomic E-state index is 0. The van der Waals surface area contributed by atoms with Crippen molar-refractivity contribution in [2.24, 2.45) is 0 Å². The minimum Gasteiger partial charge on any atom is -0.495 e. The van der Waals surface area contributed by atoms with Crippen molar-refractivity contribution in [3.05, 3.63) is 47.5 Å². The highest BCUT2D eigenvalue weighted by atomic mass is 35.5. The summed E-state index contributed by atoms with van der Waals surface area (Å²) in [6.07, 6.45) is -0.632. The van der Waals surface area contributed by atoms with E-state index in [-0.39, 0.29) is 18.3 Å². The first-order valence-corrected chi connectivity index (χ1v) is 8.33. The van der Waals surface area contributed by atoms with Crippen molar-refractivity contribution in [3.63, 3.8) is 0 Å². The van der Waals surface area contributed by atoms with Crippen LogP contribution in [0.2, 0.25) is 0 Å². The van der Waals surface area contributed by atoms with Crippen LogP contribution < -0.4 is 20.5 Å². The number of hydrogen-bond acceptors (Lipinski definition) is 4. The molecule has 1 atom stereocenters. The predicted molar refractivity (Wildman–Crippen MR) is 109 cm³/mol. The summed E-state index contributed by atoms with van der Waals surface area (Å²) in [6.45, 7) is 8.07. The molecular weight excluding hydrogens is 352 g/mol. The quantitative estimate of drug-likeness (QED) is 0.724. The molecule has 0 fully saturated rings. The molecule has 3 N–H and O–H groups in total. The van der Waals surface area contributed by atoms with E-state index in [9.17, 15) is 4.79 Å². The van der Waals surface area contributed by atoms with Crippen LogP contribution in [0, 0.1) is 6.92 Å². The summed E-state index contributed by atoms with van der Waals surface area (Å²) >= 11 is 0. The maximum absolute atomic E-state index is 12.3. The second-order valence-corrected chi connectivity index (χ2v) is 6.38. The number of carbonyl (C=O) groups excluding carboxylic acids is 1. The Bertz CT molecular complexity index is 763. The summed E-state index contributed by atoms with van der Waals surface area (Å²) in [7, 11) is 1.55. The lowest BCUT2D eigenvalue weighted by atomic mass is 9.98. The number of benzene rings is 2. The van der Waals surface area contributed by atoms with Gasteiger partial charge in [-0.05, 0) is 61.2 Å². The van der Waals surface area contributed by atoms with Gasteiger partial charge in [0.15, 0.2) is 6.10 Å². The summed E-state index contributed by atoms with van der Waals surface area (Å²) < 4.78 is 10.9. The van der Waals surface area contributed by atoms with Crippen LogP contribution in [0.3, 0.4) is 0 Å². The number of nitrogen functional groups attached to an aromatic ring is 1. The van der Waals surface area contributed by atoms with E-state index in [4.69, 9.17) is 15.2 Å². The molecule has 0 aliphatic rings. The highest BCUT2D eigenvalue weighted by Gasteiger charge is 2.16. The van der Waals surface area contributed by atoms with Gasteiger partial charge < -0.3 is 20.5 Å². The molecule has 0 saturated carbocycles. The third-order valence-corrected chi connectivity index (χ3v) is 4.04. The molecule has 1 amide bonds. The van der Waals surface area contributed by atoms with Crippen molar-refractivity contribution < 1.29 is 14.3 Å². The second kappa shape index (κ2) is 9.34. The first-order valence-electron chi connectivity index (χ1n) is 8.33. The molecule has 2 rings (SSSR count). The van der Waals surface area contributed by atoms with Gasteiger partial charge in [0.25, 0.3) is 5.91 Å². The Morgan fingerprint density at radius 2 is 1.81 bits per heavy atom. The van der Waals surface area contributed by atoms with Gasteiger partial charge in [-0.3, -0.25) is 4.79 Å². The van der Waals surface area contributed by atoms with Crippen LogP contribution in [0.5, 0.6) is 11.5 Å². The maximum Gasteiger partial charge on any atom is 0.265 e. The molecule has 0 aliphatic heterocycles. The normalized spacial score (nSPS) is 11.5. The van der Waals surface area contributed by atoms with Crippen molar-refractivity contribution in [3.8, 4) is 11.5 Å². The van der Waals surface area contributed by atoms with E-state index in [1.807, 2.05) is 25.1 Å². The van der Waals surface area contributed by atoms with Crippen molar-refractivity contribution in [1.82, 2.24) is 0 Å². The van der Waals surface area contributed by atoms with E-state index in [1.54, 1.807) is 32.2 Å². The lowest BCUT2D eigenvalue weighted by Crippen LogP contribution is -2.30. The lowest BCUT2D eigenvalue weighted by molar-refractivity contribution is -0.122. The van der Waals surface area contributed by atoms with Gasteiger partial charge >= 0.3 is 0 Å². The molecule has 26 heavy (non-hydrogen) atoms. The monoisotopic (exact) mass is 378 g/mol. The Kier molecular flexibility index (Phi) is 7.77. The van der Waals surface area contributed by atoms with Crippen molar-refractivity contribution in [2.45, 2.75) is 39.7 Å². The first kappa shape index (κ1) is 21.6. The largest absolute Gasteiger partial charge is 0.495 e. The Morgan fingerprint density at radius 3 is 2.35 bits per heavy atom.